The number of nitrogens with one attached hydrogen (secondary N) is 1. The fourth-order valence-corrected chi connectivity index (χ4v) is 6.32. The molecule has 5 nitrogen and oxygen atoms in total. The van der Waals surface area contributed by atoms with Crippen LogP contribution in [0, 0.1) is 17.8 Å². The van der Waals surface area contributed by atoms with E-state index in [2.05, 4.69) is 24.1 Å². The van der Waals surface area contributed by atoms with Gasteiger partial charge in [0.1, 0.15) is 0 Å². The Morgan fingerprint density at radius 3 is 2.50 bits per heavy atom. The number of halogens is 1. The van der Waals surface area contributed by atoms with Gasteiger partial charge in [-0.15, -0.1) is 24.0 Å². The lowest BCUT2D eigenvalue weighted by atomic mass is 9.88. The van der Waals surface area contributed by atoms with Gasteiger partial charge in [0.25, 0.3) is 0 Å². The van der Waals surface area contributed by atoms with Crippen LogP contribution in [-0.2, 0) is 9.84 Å². The second-order valence-corrected chi connectivity index (χ2v) is 10.9. The van der Waals surface area contributed by atoms with Crippen molar-refractivity contribution in [3.05, 3.63) is 0 Å². The Labute approximate surface area is 176 Å². The van der Waals surface area contributed by atoms with Crippen LogP contribution in [0.5, 0.6) is 0 Å². The molecular formula is C19H36IN3O2S. The van der Waals surface area contributed by atoms with Crippen LogP contribution in [0.15, 0.2) is 4.99 Å². The first-order chi connectivity index (χ1) is 11.9. The molecule has 3 rings (SSSR count). The molecule has 0 aromatic heterocycles. The van der Waals surface area contributed by atoms with Gasteiger partial charge in [-0.2, -0.15) is 0 Å². The first-order valence-electron chi connectivity index (χ1n) is 10.2. The van der Waals surface area contributed by atoms with Crippen molar-refractivity contribution in [1.29, 1.82) is 0 Å². The van der Waals surface area contributed by atoms with Gasteiger partial charge < -0.3 is 10.2 Å². The second-order valence-electron chi connectivity index (χ2n) is 8.65. The molecule has 0 amide bonds. The van der Waals surface area contributed by atoms with Crippen molar-refractivity contribution in [2.24, 2.45) is 22.7 Å². The molecule has 0 bridgehead atoms. The van der Waals surface area contributed by atoms with Gasteiger partial charge in [-0.1, -0.05) is 26.7 Å². The van der Waals surface area contributed by atoms with E-state index in [0.717, 1.165) is 31.4 Å². The van der Waals surface area contributed by atoms with Gasteiger partial charge >= 0.3 is 0 Å². The second kappa shape index (κ2) is 9.94. The summed E-state index contributed by atoms with van der Waals surface area (Å²) in [5.74, 6) is 3.35. The van der Waals surface area contributed by atoms with Gasteiger partial charge in [0.05, 0.1) is 11.5 Å². The zero-order chi connectivity index (χ0) is 17.9. The summed E-state index contributed by atoms with van der Waals surface area (Å²) in [6.07, 6.45) is 8.40. The zero-order valence-corrected chi connectivity index (χ0v) is 19.5. The van der Waals surface area contributed by atoms with Crippen LogP contribution in [0.1, 0.15) is 58.8 Å². The molecule has 2 atom stereocenters. The predicted octanol–water partition coefficient (Wildman–Crippen LogP) is 3.30. The summed E-state index contributed by atoms with van der Waals surface area (Å²) in [4.78, 5) is 7.36. The molecule has 0 spiro atoms. The molecule has 1 aliphatic carbocycles. The molecule has 1 N–H and O–H groups in total. The zero-order valence-electron chi connectivity index (χ0n) is 16.3. The molecule has 152 valence electrons. The highest BCUT2D eigenvalue weighted by Gasteiger charge is 2.29. The predicted molar refractivity (Wildman–Crippen MR) is 119 cm³/mol. The molecule has 2 heterocycles. The largest absolute Gasteiger partial charge is 0.354 e. The third-order valence-corrected chi connectivity index (χ3v) is 8.05. The summed E-state index contributed by atoms with van der Waals surface area (Å²) in [6.45, 7) is 7.44. The smallest absolute Gasteiger partial charge is 0.194 e. The Morgan fingerprint density at radius 1 is 1.15 bits per heavy atom. The maximum atomic E-state index is 11.7. The summed E-state index contributed by atoms with van der Waals surface area (Å²) < 4.78 is 23.4. The molecule has 0 aromatic rings. The van der Waals surface area contributed by atoms with Crippen LogP contribution in [-0.4, -0.2) is 56.5 Å². The van der Waals surface area contributed by atoms with Gasteiger partial charge in [0.2, 0.25) is 0 Å². The average Bonchev–Trinajstić information content (AvgIpc) is 3.20. The quantitative estimate of drug-likeness (QED) is 0.368. The van der Waals surface area contributed by atoms with E-state index in [-0.39, 0.29) is 29.9 Å². The van der Waals surface area contributed by atoms with E-state index in [1.165, 1.54) is 38.5 Å². The van der Waals surface area contributed by atoms with Crippen LogP contribution >= 0.6 is 24.0 Å². The van der Waals surface area contributed by atoms with Crippen LogP contribution in [0.2, 0.25) is 0 Å². The number of nitrogens with zero attached hydrogens (tertiary/aromatic N) is 2. The molecule has 2 saturated heterocycles. The number of piperidine rings is 1. The number of aliphatic imine (C=N–C) groups is 1. The van der Waals surface area contributed by atoms with Gasteiger partial charge in [-0.25, -0.2) is 8.42 Å². The van der Waals surface area contributed by atoms with E-state index in [1.54, 1.807) is 0 Å². The van der Waals surface area contributed by atoms with Crippen LogP contribution in [0.25, 0.3) is 0 Å². The van der Waals surface area contributed by atoms with E-state index >= 15 is 0 Å². The summed E-state index contributed by atoms with van der Waals surface area (Å²) in [5.41, 5.74) is 0. The minimum Gasteiger partial charge on any atom is -0.354 e. The standard InChI is InChI=1S/C19H35N3O2S.HI/c1-15(2)17-6-5-10-22(13-17)19(21-18-7-3-4-8-18)20-12-16-9-11-25(23,24)14-16;/h15-18H,3-14H2,1-2H3,(H,20,21);1H. The highest BCUT2D eigenvalue weighted by Crippen LogP contribution is 2.25. The Balaban J connectivity index is 0.00000243. The Hall–Kier alpha value is -0.0500. The van der Waals surface area contributed by atoms with Crippen molar-refractivity contribution in [2.75, 3.05) is 31.1 Å². The molecule has 1 saturated carbocycles. The first-order valence-corrected chi connectivity index (χ1v) is 12.0. The van der Waals surface area contributed by atoms with Crippen LogP contribution in [0.3, 0.4) is 0 Å². The number of likely N-dealkylation sites (tertiary alicyclic amines) is 1. The number of sulfone groups is 1. The maximum Gasteiger partial charge on any atom is 0.194 e. The number of hydrogen-bond donors (Lipinski definition) is 1. The third-order valence-electron chi connectivity index (χ3n) is 6.21. The van der Waals surface area contributed by atoms with Gasteiger partial charge in [-0.05, 0) is 49.9 Å². The van der Waals surface area contributed by atoms with Crippen molar-refractivity contribution in [1.82, 2.24) is 10.2 Å². The fraction of sp³-hybridized carbons (Fsp3) is 0.947. The monoisotopic (exact) mass is 497 g/mol. The summed E-state index contributed by atoms with van der Waals surface area (Å²) in [7, 11) is -2.81. The van der Waals surface area contributed by atoms with Crippen molar-refractivity contribution in [3.8, 4) is 0 Å². The van der Waals surface area contributed by atoms with Crippen molar-refractivity contribution >= 4 is 39.8 Å². The lowest BCUT2D eigenvalue weighted by molar-refractivity contribution is 0.205. The fourth-order valence-electron chi connectivity index (χ4n) is 4.47. The lowest BCUT2D eigenvalue weighted by Gasteiger charge is -2.37. The summed E-state index contributed by atoms with van der Waals surface area (Å²) in [6, 6.07) is 0.547. The normalized spacial score (nSPS) is 29.8. The highest BCUT2D eigenvalue weighted by molar-refractivity contribution is 14.0. The topological polar surface area (TPSA) is 61.8 Å². The average molecular weight is 497 g/mol. The molecule has 2 unspecified atom stereocenters. The van der Waals surface area contributed by atoms with Gasteiger partial charge in [0, 0.05) is 25.7 Å². The Bertz CT molecular complexity index is 573. The molecule has 3 fully saturated rings. The van der Waals surface area contributed by atoms with Gasteiger partial charge in [0.15, 0.2) is 15.8 Å². The third kappa shape index (κ3) is 6.24. The lowest BCUT2D eigenvalue weighted by Crippen LogP contribution is -2.50. The van der Waals surface area contributed by atoms with Crippen LogP contribution < -0.4 is 5.32 Å². The summed E-state index contributed by atoms with van der Waals surface area (Å²) >= 11 is 0. The van der Waals surface area contributed by atoms with E-state index in [4.69, 9.17) is 4.99 Å². The van der Waals surface area contributed by atoms with Crippen molar-refractivity contribution in [2.45, 2.75) is 64.8 Å². The molecule has 2 aliphatic heterocycles. The van der Waals surface area contributed by atoms with Crippen molar-refractivity contribution in [3.63, 3.8) is 0 Å². The van der Waals surface area contributed by atoms with E-state index in [9.17, 15) is 8.42 Å². The molecule has 0 aromatic carbocycles. The minimum absolute atomic E-state index is 0. The minimum atomic E-state index is -2.81. The SMILES string of the molecule is CC(C)C1CCCN(C(=NCC2CCS(=O)(=O)C2)NC2CCCC2)C1.I. The number of hydrogen-bond acceptors (Lipinski definition) is 3. The molecule has 7 heteroatoms. The van der Waals surface area contributed by atoms with Crippen LogP contribution in [0.4, 0.5) is 0 Å². The van der Waals surface area contributed by atoms with E-state index < -0.39 is 9.84 Å². The Kier molecular flexibility index (Phi) is 8.50. The molecule has 0 radical (unpaired) electrons. The number of guanidine groups is 1. The summed E-state index contributed by atoms with van der Waals surface area (Å²) in [5, 5.41) is 3.72. The molecule has 26 heavy (non-hydrogen) atoms. The molecule has 3 aliphatic rings. The molecular weight excluding hydrogens is 461 g/mol. The number of rotatable bonds is 4. The van der Waals surface area contributed by atoms with E-state index in [1.807, 2.05) is 0 Å². The van der Waals surface area contributed by atoms with Gasteiger partial charge in [-0.3, -0.25) is 4.99 Å². The first kappa shape index (κ1) is 22.2. The van der Waals surface area contributed by atoms with Crippen molar-refractivity contribution < 1.29 is 8.42 Å². The Morgan fingerprint density at radius 2 is 1.88 bits per heavy atom. The highest BCUT2D eigenvalue weighted by atomic mass is 127. The maximum absolute atomic E-state index is 11.7. The van der Waals surface area contributed by atoms with E-state index in [0.29, 0.717) is 30.0 Å².